The van der Waals surface area contributed by atoms with Gasteiger partial charge in [-0.2, -0.15) is 0 Å². The van der Waals surface area contributed by atoms with E-state index in [1.807, 2.05) is 0 Å². The van der Waals surface area contributed by atoms with Gasteiger partial charge in [-0.1, -0.05) is 37.3 Å². The van der Waals surface area contributed by atoms with Crippen LogP contribution in [0.5, 0.6) is 0 Å². The molecule has 3 aromatic rings. The number of aliphatic hydroxyl groups excluding tert-OH is 2. The summed E-state index contributed by atoms with van der Waals surface area (Å²) in [7, 11) is 0. The van der Waals surface area contributed by atoms with E-state index in [0.717, 1.165) is 25.7 Å². The summed E-state index contributed by atoms with van der Waals surface area (Å²) in [5, 5.41) is 20.5. The fourth-order valence-corrected chi connectivity index (χ4v) is 3.44. The SMILES string of the molecule is CCCCCC#Cc1nc(Cl)c2nc(-c3ccco3)n([C@@H]3OC[C@@H](O)[C@H]3O)c2n1. The molecule has 8 nitrogen and oxygen atoms in total. The van der Waals surface area contributed by atoms with Crippen LogP contribution in [0.4, 0.5) is 0 Å². The molecule has 3 atom stereocenters. The number of ether oxygens (including phenoxy) is 1. The minimum Gasteiger partial charge on any atom is -0.461 e. The van der Waals surface area contributed by atoms with Gasteiger partial charge >= 0.3 is 0 Å². The zero-order chi connectivity index (χ0) is 20.4. The van der Waals surface area contributed by atoms with Gasteiger partial charge in [-0.3, -0.25) is 4.57 Å². The molecule has 29 heavy (non-hydrogen) atoms. The molecule has 4 heterocycles. The highest BCUT2D eigenvalue weighted by atomic mass is 35.5. The lowest BCUT2D eigenvalue weighted by Gasteiger charge is -2.18. The Bertz CT molecular complexity index is 1050. The zero-order valence-electron chi connectivity index (χ0n) is 15.9. The molecule has 0 aromatic carbocycles. The third kappa shape index (κ3) is 3.87. The Balaban J connectivity index is 1.82. The summed E-state index contributed by atoms with van der Waals surface area (Å²) in [6.07, 6.45) is 2.45. The van der Waals surface area contributed by atoms with Crippen LogP contribution in [0.2, 0.25) is 5.15 Å². The van der Waals surface area contributed by atoms with E-state index in [1.165, 1.54) is 6.26 Å². The van der Waals surface area contributed by atoms with Gasteiger partial charge in [-0.15, -0.1) is 0 Å². The number of fused-ring (bicyclic) bond motifs is 1. The van der Waals surface area contributed by atoms with E-state index in [4.69, 9.17) is 20.8 Å². The minimum absolute atomic E-state index is 0.00793. The number of aliphatic hydroxyl groups is 2. The second-order valence-corrected chi connectivity index (χ2v) is 7.19. The molecule has 1 fully saturated rings. The topological polar surface area (TPSA) is 106 Å². The Morgan fingerprint density at radius 1 is 1.28 bits per heavy atom. The third-order valence-corrected chi connectivity index (χ3v) is 4.99. The van der Waals surface area contributed by atoms with Crippen molar-refractivity contribution in [3.63, 3.8) is 0 Å². The molecule has 1 aliphatic heterocycles. The van der Waals surface area contributed by atoms with E-state index < -0.39 is 18.4 Å². The Kier molecular flexibility index (Phi) is 5.83. The lowest BCUT2D eigenvalue weighted by atomic mass is 10.2. The second-order valence-electron chi connectivity index (χ2n) is 6.83. The lowest BCUT2D eigenvalue weighted by molar-refractivity contribution is -0.0154. The molecule has 0 radical (unpaired) electrons. The van der Waals surface area contributed by atoms with Crippen molar-refractivity contribution >= 4 is 22.8 Å². The van der Waals surface area contributed by atoms with Crippen LogP contribution < -0.4 is 0 Å². The number of aromatic nitrogens is 4. The first kappa shape index (κ1) is 19.9. The van der Waals surface area contributed by atoms with Crippen molar-refractivity contribution in [3.05, 3.63) is 29.4 Å². The van der Waals surface area contributed by atoms with Gasteiger partial charge in [-0.05, 0) is 24.5 Å². The molecular weight excluding hydrogens is 396 g/mol. The maximum Gasteiger partial charge on any atom is 0.208 e. The van der Waals surface area contributed by atoms with Gasteiger partial charge in [0, 0.05) is 6.42 Å². The Hall–Kier alpha value is -2.44. The van der Waals surface area contributed by atoms with E-state index in [9.17, 15) is 10.2 Å². The predicted molar refractivity (Wildman–Crippen MR) is 106 cm³/mol. The number of hydrogen-bond donors (Lipinski definition) is 2. The number of unbranched alkanes of at least 4 members (excludes halogenated alkanes) is 3. The quantitative estimate of drug-likeness (QED) is 0.374. The number of halogens is 1. The number of rotatable bonds is 5. The highest BCUT2D eigenvalue weighted by molar-refractivity contribution is 6.33. The molecule has 0 aliphatic carbocycles. The molecule has 2 N–H and O–H groups in total. The van der Waals surface area contributed by atoms with Gasteiger partial charge in [0.1, 0.15) is 17.7 Å². The fourth-order valence-electron chi connectivity index (χ4n) is 3.23. The highest BCUT2D eigenvalue weighted by Gasteiger charge is 2.39. The van der Waals surface area contributed by atoms with Gasteiger partial charge in [-0.25, -0.2) is 15.0 Å². The molecule has 0 spiro atoms. The van der Waals surface area contributed by atoms with Crippen molar-refractivity contribution < 1.29 is 19.4 Å². The van der Waals surface area contributed by atoms with Gasteiger partial charge in [0.15, 0.2) is 28.6 Å². The Morgan fingerprint density at radius 2 is 2.14 bits per heavy atom. The van der Waals surface area contributed by atoms with Crippen LogP contribution in [-0.4, -0.2) is 48.5 Å². The Labute approximate surface area is 172 Å². The summed E-state index contributed by atoms with van der Waals surface area (Å²) >= 11 is 6.37. The van der Waals surface area contributed by atoms with Crippen molar-refractivity contribution in [1.29, 1.82) is 0 Å². The molecular formula is C20H21ClN4O4. The first-order valence-corrected chi connectivity index (χ1v) is 9.94. The van der Waals surface area contributed by atoms with Gasteiger partial charge in [0.2, 0.25) is 5.82 Å². The molecule has 0 unspecified atom stereocenters. The lowest BCUT2D eigenvalue weighted by Crippen LogP contribution is -2.28. The smallest absolute Gasteiger partial charge is 0.208 e. The molecule has 1 aliphatic rings. The molecule has 0 saturated carbocycles. The van der Waals surface area contributed by atoms with Crippen LogP contribution in [-0.2, 0) is 4.74 Å². The fraction of sp³-hybridized carbons (Fsp3) is 0.450. The van der Waals surface area contributed by atoms with E-state index in [1.54, 1.807) is 16.7 Å². The van der Waals surface area contributed by atoms with Gasteiger partial charge in [0.05, 0.1) is 12.9 Å². The molecule has 0 amide bonds. The minimum atomic E-state index is -1.15. The van der Waals surface area contributed by atoms with Crippen LogP contribution in [0, 0.1) is 11.8 Å². The largest absolute Gasteiger partial charge is 0.461 e. The van der Waals surface area contributed by atoms with Crippen LogP contribution in [0.25, 0.3) is 22.7 Å². The molecule has 4 rings (SSSR count). The predicted octanol–water partition coefficient (Wildman–Crippen LogP) is 2.92. The van der Waals surface area contributed by atoms with Gasteiger partial charge in [0.25, 0.3) is 0 Å². The van der Waals surface area contributed by atoms with E-state index in [-0.39, 0.29) is 17.6 Å². The number of hydrogen-bond acceptors (Lipinski definition) is 7. The number of furan rings is 1. The van der Waals surface area contributed by atoms with Crippen molar-refractivity contribution in [2.24, 2.45) is 0 Å². The van der Waals surface area contributed by atoms with Crippen LogP contribution in [0.1, 0.15) is 44.7 Å². The van der Waals surface area contributed by atoms with Crippen LogP contribution in [0.3, 0.4) is 0 Å². The molecule has 9 heteroatoms. The summed E-state index contributed by atoms with van der Waals surface area (Å²) in [6.45, 7) is 2.13. The van der Waals surface area contributed by atoms with E-state index in [2.05, 4.69) is 33.7 Å². The van der Waals surface area contributed by atoms with Crippen molar-refractivity contribution in [2.45, 2.75) is 51.0 Å². The molecule has 1 saturated heterocycles. The zero-order valence-corrected chi connectivity index (χ0v) is 16.6. The number of imidazole rings is 1. The summed E-state index contributed by atoms with van der Waals surface area (Å²) in [6, 6.07) is 3.45. The first-order chi connectivity index (χ1) is 14.1. The highest BCUT2D eigenvalue weighted by Crippen LogP contribution is 2.35. The van der Waals surface area contributed by atoms with E-state index >= 15 is 0 Å². The molecule has 152 valence electrons. The summed E-state index contributed by atoms with van der Waals surface area (Å²) in [5.41, 5.74) is 0.694. The monoisotopic (exact) mass is 416 g/mol. The standard InChI is InChI=1S/C20H21ClN4O4/c1-2-3-4-5-6-9-14-22-17(21)15-19(23-14)25(20-16(27)12(26)11-29-20)18(24-15)13-8-7-10-28-13/h7-8,10,12,16,20,26-27H,2-5,11H2,1H3/t12-,16-,20-/m1/s1. The molecule has 0 bridgehead atoms. The average Bonchev–Trinajstić information content (AvgIpc) is 3.42. The second kappa shape index (κ2) is 8.51. The first-order valence-electron chi connectivity index (χ1n) is 9.56. The average molecular weight is 417 g/mol. The van der Waals surface area contributed by atoms with Crippen LogP contribution >= 0.6 is 11.6 Å². The number of nitrogens with zero attached hydrogens (tertiary/aromatic N) is 4. The summed E-state index contributed by atoms with van der Waals surface area (Å²) in [5.74, 6) is 7.09. The summed E-state index contributed by atoms with van der Waals surface area (Å²) in [4.78, 5) is 13.3. The van der Waals surface area contributed by atoms with Crippen LogP contribution in [0.15, 0.2) is 22.8 Å². The van der Waals surface area contributed by atoms with Gasteiger partial charge < -0.3 is 19.4 Å². The Morgan fingerprint density at radius 3 is 2.83 bits per heavy atom. The van der Waals surface area contributed by atoms with Crippen molar-refractivity contribution in [3.8, 4) is 23.4 Å². The summed E-state index contributed by atoms with van der Waals surface area (Å²) < 4.78 is 12.7. The van der Waals surface area contributed by atoms with E-state index in [0.29, 0.717) is 22.7 Å². The third-order valence-electron chi connectivity index (χ3n) is 4.72. The van der Waals surface area contributed by atoms with Crippen molar-refractivity contribution in [2.75, 3.05) is 6.61 Å². The normalized spacial score (nSPS) is 21.4. The molecule has 3 aromatic heterocycles. The van der Waals surface area contributed by atoms with Crippen molar-refractivity contribution in [1.82, 2.24) is 19.5 Å². The maximum atomic E-state index is 10.4. The maximum absolute atomic E-state index is 10.4.